The SMILES string of the molecule is CCC[SiH]1CCC([C@H]2CC[C@H](CCCCc3ccc(Cl)c(F)c3OC(F)F)CC2)CC1. The van der Waals surface area contributed by atoms with Crippen molar-refractivity contribution in [1.29, 1.82) is 0 Å². The third-order valence-corrected chi connectivity index (χ3v) is 11.8. The van der Waals surface area contributed by atoms with Crippen molar-refractivity contribution >= 4 is 20.4 Å². The van der Waals surface area contributed by atoms with Crippen molar-refractivity contribution < 1.29 is 17.9 Å². The molecule has 1 aliphatic carbocycles. The van der Waals surface area contributed by atoms with Gasteiger partial charge in [0.05, 0.1) is 5.02 Å². The first-order valence-electron chi connectivity index (χ1n) is 12.4. The maximum absolute atomic E-state index is 14.1. The topological polar surface area (TPSA) is 9.23 Å². The Morgan fingerprint density at radius 3 is 2.35 bits per heavy atom. The van der Waals surface area contributed by atoms with Crippen LogP contribution in [0, 0.1) is 23.6 Å². The van der Waals surface area contributed by atoms with Crippen LogP contribution in [0.3, 0.4) is 0 Å². The number of rotatable bonds is 10. The van der Waals surface area contributed by atoms with Gasteiger partial charge >= 0.3 is 6.61 Å². The average Bonchev–Trinajstić information content (AvgIpc) is 2.77. The maximum atomic E-state index is 14.1. The predicted molar refractivity (Wildman–Crippen MR) is 126 cm³/mol. The van der Waals surface area contributed by atoms with Crippen LogP contribution in [0.25, 0.3) is 0 Å². The Hall–Kier alpha value is -0.683. The fourth-order valence-corrected chi connectivity index (χ4v) is 9.67. The number of halogens is 4. The largest absolute Gasteiger partial charge is 0.431 e. The van der Waals surface area contributed by atoms with Crippen LogP contribution in [0.4, 0.5) is 13.2 Å². The third kappa shape index (κ3) is 7.41. The molecule has 1 aromatic carbocycles. The first kappa shape index (κ1) is 24.9. The molecule has 2 aliphatic rings. The summed E-state index contributed by atoms with van der Waals surface area (Å²) in [5, 5.41) is -0.183. The molecule has 1 saturated heterocycles. The number of aryl methyl sites for hydroxylation is 1. The van der Waals surface area contributed by atoms with E-state index in [0.717, 1.165) is 30.6 Å². The number of benzene rings is 1. The van der Waals surface area contributed by atoms with Crippen molar-refractivity contribution in [3.8, 4) is 5.75 Å². The molecule has 0 spiro atoms. The normalized spacial score (nSPS) is 26.9. The van der Waals surface area contributed by atoms with Gasteiger partial charge in [-0.15, -0.1) is 0 Å². The number of hydrogen-bond donors (Lipinski definition) is 0. The monoisotopic (exact) mass is 474 g/mol. The second kappa shape index (κ2) is 12.5. The summed E-state index contributed by atoms with van der Waals surface area (Å²) in [6, 6.07) is 7.75. The van der Waals surface area contributed by atoms with Crippen molar-refractivity contribution in [3.05, 3.63) is 28.5 Å². The van der Waals surface area contributed by atoms with Gasteiger partial charge in [0.25, 0.3) is 0 Å². The lowest BCUT2D eigenvalue weighted by atomic mass is 9.73. The minimum absolute atomic E-state index is 0.183. The molecular weight excluding hydrogens is 437 g/mol. The highest BCUT2D eigenvalue weighted by atomic mass is 35.5. The van der Waals surface area contributed by atoms with E-state index in [1.54, 1.807) is 24.2 Å². The summed E-state index contributed by atoms with van der Waals surface area (Å²) < 4.78 is 43.8. The molecule has 176 valence electrons. The summed E-state index contributed by atoms with van der Waals surface area (Å²) in [6.07, 6.45) is 13.5. The molecule has 0 unspecified atom stereocenters. The molecular formula is C25H38ClF3OSi. The number of hydrogen-bond acceptors (Lipinski definition) is 1. The highest BCUT2D eigenvalue weighted by molar-refractivity contribution is 6.58. The molecule has 0 atom stereocenters. The number of alkyl halides is 2. The summed E-state index contributed by atoms with van der Waals surface area (Å²) in [5.41, 5.74) is 0.480. The highest BCUT2D eigenvalue weighted by Gasteiger charge is 2.30. The fourth-order valence-electron chi connectivity index (χ4n) is 6.04. The predicted octanol–water partition coefficient (Wildman–Crippen LogP) is 8.65. The zero-order chi connectivity index (χ0) is 22.2. The van der Waals surface area contributed by atoms with Crippen LogP contribution in [0.2, 0.25) is 23.2 Å². The maximum Gasteiger partial charge on any atom is 0.387 e. The third-order valence-electron chi connectivity index (χ3n) is 7.79. The lowest BCUT2D eigenvalue weighted by Gasteiger charge is -2.37. The smallest absolute Gasteiger partial charge is 0.387 e. The zero-order valence-corrected chi connectivity index (χ0v) is 20.8. The Bertz CT molecular complexity index is 671. The number of unbranched alkanes of at least 4 members (excludes halogenated alkanes) is 1. The summed E-state index contributed by atoms with van der Waals surface area (Å²) >= 11 is 5.72. The van der Waals surface area contributed by atoms with Gasteiger partial charge in [-0.1, -0.05) is 87.7 Å². The van der Waals surface area contributed by atoms with Gasteiger partial charge in [0.15, 0.2) is 11.6 Å². The first-order chi connectivity index (χ1) is 15.0. The lowest BCUT2D eigenvalue weighted by Crippen LogP contribution is -2.28. The van der Waals surface area contributed by atoms with E-state index in [-0.39, 0.29) is 19.6 Å². The van der Waals surface area contributed by atoms with Crippen LogP contribution < -0.4 is 4.74 Å². The van der Waals surface area contributed by atoms with Crippen molar-refractivity contribution in [1.82, 2.24) is 0 Å². The second-order valence-corrected chi connectivity index (χ2v) is 13.7. The van der Waals surface area contributed by atoms with Gasteiger partial charge < -0.3 is 4.74 Å². The van der Waals surface area contributed by atoms with E-state index in [4.69, 9.17) is 11.6 Å². The molecule has 0 amide bonds. The summed E-state index contributed by atoms with van der Waals surface area (Å²) in [7, 11) is -0.376. The molecule has 0 aromatic heterocycles. The second-order valence-electron chi connectivity index (χ2n) is 9.82. The minimum atomic E-state index is -3.05. The highest BCUT2D eigenvalue weighted by Crippen LogP contribution is 2.42. The van der Waals surface area contributed by atoms with E-state index in [1.165, 1.54) is 57.4 Å². The molecule has 1 nitrogen and oxygen atoms in total. The van der Waals surface area contributed by atoms with Gasteiger partial charge in [0, 0.05) is 8.80 Å². The molecule has 1 saturated carbocycles. The van der Waals surface area contributed by atoms with Crippen LogP contribution >= 0.6 is 11.6 Å². The molecule has 1 aliphatic heterocycles. The van der Waals surface area contributed by atoms with E-state index in [9.17, 15) is 13.2 Å². The quantitative estimate of drug-likeness (QED) is 0.243. The Labute approximate surface area is 192 Å². The van der Waals surface area contributed by atoms with Crippen molar-refractivity contribution in [2.75, 3.05) is 0 Å². The van der Waals surface area contributed by atoms with E-state index in [2.05, 4.69) is 11.7 Å². The molecule has 1 aromatic rings. The zero-order valence-electron chi connectivity index (χ0n) is 18.9. The molecule has 0 N–H and O–H groups in total. The van der Waals surface area contributed by atoms with E-state index >= 15 is 0 Å². The van der Waals surface area contributed by atoms with Crippen LogP contribution in [-0.4, -0.2) is 15.4 Å². The first-order valence-corrected chi connectivity index (χ1v) is 15.2. The molecule has 1 heterocycles. The van der Waals surface area contributed by atoms with E-state index < -0.39 is 12.4 Å². The Morgan fingerprint density at radius 2 is 1.71 bits per heavy atom. The van der Waals surface area contributed by atoms with Crippen LogP contribution in [0.5, 0.6) is 5.75 Å². The van der Waals surface area contributed by atoms with Crippen LogP contribution in [-0.2, 0) is 6.42 Å². The summed E-state index contributed by atoms with van der Waals surface area (Å²) in [6.45, 7) is -0.713. The standard InChI is InChI=1S/C25H38ClF3OSi/c1-2-15-31-16-13-20(14-17-31)19-9-7-18(8-10-19)5-3-4-6-21-11-12-22(26)23(27)24(21)30-25(28)29/h11-12,18-20,25,31H,2-10,13-17H2,1H3/t18-,19-,20?,31?. The molecule has 0 bridgehead atoms. The lowest BCUT2D eigenvalue weighted by molar-refractivity contribution is -0.0528. The van der Waals surface area contributed by atoms with Gasteiger partial charge in [0.1, 0.15) is 0 Å². The Kier molecular flexibility index (Phi) is 10.1. The average molecular weight is 475 g/mol. The summed E-state index contributed by atoms with van der Waals surface area (Å²) in [4.78, 5) is 0. The van der Waals surface area contributed by atoms with E-state index in [1.807, 2.05) is 0 Å². The van der Waals surface area contributed by atoms with Crippen LogP contribution in [0.1, 0.15) is 76.7 Å². The molecule has 0 radical (unpaired) electrons. The van der Waals surface area contributed by atoms with Crippen molar-refractivity contribution in [2.45, 2.75) is 102 Å². The van der Waals surface area contributed by atoms with Gasteiger partial charge in [-0.05, 0) is 55.1 Å². The van der Waals surface area contributed by atoms with Crippen molar-refractivity contribution in [3.63, 3.8) is 0 Å². The minimum Gasteiger partial charge on any atom is -0.431 e. The Balaban J connectivity index is 1.36. The molecule has 31 heavy (non-hydrogen) atoms. The van der Waals surface area contributed by atoms with Crippen molar-refractivity contribution in [2.24, 2.45) is 17.8 Å². The molecule has 3 rings (SSSR count). The van der Waals surface area contributed by atoms with Crippen LogP contribution in [0.15, 0.2) is 12.1 Å². The number of ether oxygens (including phenoxy) is 1. The summed E-state index contributed by atoms with van der Waals surface area (Å²) in [5.74, 6) is 1.47. The fraction of sp³-hybridized carbons (Fsp3) is 0.760. The van der Waals surface area contributed by atoms with Gasteiger partial charge in [-0.3, -0.25) is 0 Å². The van der Waals surface area contributed by atoms with E-state index in [0.29, 0.717) is 12.0 Å². The van der Waals surface area contributed by atoms with Gasteiger partial charge in [-0.25, -0.2) is 4.39 Å². The molecule has 2 fully saturated rings. The molecule has 6 heteroatoms. The van der Waals surface area contributed by atoms with Gasteiger partial charge in [-0.2, -0.15) is 8.78 Å². The Morgan fingerprint density at radius 1 is 1.03 bits per heavy atom. The van der Waals surface area contributed by atoms with Gasteiger partial charge in [0.2, 0.25) is 0 Å².